The van der Waals surface area contributed by atoms with Crippen LogP contribution in [-0.4, -0.2) is 30.0 Å². The first kappa shape index (κ1) is 20.5. The molecule has 0 spiro atoms. The van der Waals surface area contributed by atoms with Crippen molar-refractivity contribution in [2.75, 3.05) is 18.1 Å². The second kappa shape index (κ2) is 7.97. The van der Waals surface area contributed by atoms with Gasteiger partial charge in [0.05, 0.1) is 18.7 Å². The zero-order valence-corrected chi connectivity index (χ0v) is 17.8. The van der Waals surface area contributed by atoms with E-state index in [4.69, 9.17) is 21.1 Å². The first-order valence-corrected chi connectivity index (χ1v) is 10.6. The van der Waals surface area contributed by atoms with Crippen molar-refractivity contribution in [2.24, 2.45) is 0 Å². The van der Waals surface area contributed by atoms with Crippen LogP contribution >= 0.6 is 11.6 Å². The van der Waals surface area contributed by atoms with Crippen molar-refractivity contribution in [2.45, 2.75) is 18.6 Å². The van der Waals surface area contributed by atoms with Crippen LogP contribution in [0.5, 0.6) is 11.5 Å². The standard InChI is InChI=1S/C25H20ClNO5/c26-18-5-3-4-16(12-18)15-27-20-7-2-1-6-19(20)25(30,24(27)29)14-21(28)17-8-9-22-23(13-17)32-11-10-31-22/h1-9,12-13,30H,10-11,14-15H2. The largest absolute Gasteiger partial charge is 0.486 e. The molecule has 0 fully saturated rings. The number of carbonyl (C=O) groups excluding carboxylic acids is 2. The molecule has 32 heavy (non-hydrogen) atoms. The van der Waals surface area contributed by atoms with Crippen molar-refractivity contribution in [3.63, 3.8) is 0 Å². The van der Waals surface area contributed by atoms with E-state index in [9.17, 15) is 14.7 Å². The number of anilines is 1. The summed E-state index contributed by atoms with van der Waals surface area (Å²) in [6.45, 7) is 1.09. The summed E-state index contributed by atoms with van der Waals surface area (Å²) >= 11 is 6.09. The van der Waals surface area contributed by atoms with Crippen LogP contribution in [0.1, 0.15) is 27.9 Å². The number of aliphatic hydroxyl groups is 1. The highest BCUT2D eigenvalue weighted by Crippen LogP contribution is 2.44. The van der Waals surface area contributed by atoms with E-state index in [0.717, 1.165) is 5.56 Å². The van der Waals surface area contributed by atoms with Crippen LogP contribution in [0.15, 0.2) is 66.7 Å². The summed E-state index contributed by atoms with van der Waals surface area (Å²) in [6.07, 6.45) is -0.380. The van der Waals surface area contributed by atoms with Crippen LogP contribution in [0.3, 0.4) is 0 Å². The van der Waals surface area contributed by atoms with E-state index in [1.807, 2.05) is 12.1 Å². The molecule has 2 aliphatic rings. The molecule has 0 aromatic heterocycles. The highest BCUT2D eigenvalue weighted by Gasteiger charge is 2.50. The van der Waals surface area contributed by atoms with Gasteiger partial charge < -0.3 is 19.5 Å². The Hall–Kier alpha value is -3.35. The lowest BCUT2D eigenvalue weighted by molar-refractivity contribution is -0.136. The van der Waals surface area contributed by atoms with Gasteiger partial charge in [-0.1, -0.05) is 41.9 Å². The van der Waals surface area contributed by atoms with Crippen molar-refractivity contribution >= 4 is 29.0 Å². The van der Waals surface area contributed by atoms with Gasteiger partial charge in [0.15, 0.2) is 22.9 Å². The predicted molar refractivity (Wildman–Crippen MR) is 119 cm³/mol. The number of Topliss-reactive ketones (excluding diaryl/α,β-unsaturated/α-hetero) is 1. The molecule has 1 N–H and O–H groups in total. The molecule has 0 aliphatic carbocycles. The van der Waals surface area contributed by atoms with Crippen molar-refractivity contribution in [1.29, 1.82) is 0 Å². The molecule has 6 nitrogen and oxygen atoms in total. The second-order valence-electron chi connectivity index (χ2n) is 7.86. The van der Waals surface area contributed by atoms with E-state index in [1.165, 1.54) is 4.90 Å². The molecule has 7 heteroatoms. The fraction of sp³-hybridized carbons (Fsp3) is 0.200. The van der Waals surface area contributed by atoms with E-state index in [0.29, 0.717) is 46.5 Å². The maximum Gasteiger partial charge on any atom is 0.264 e. The number of amides is 1. The van der Waals surface area contributed by atoms with Gasteiger partial charge in [0.2, 0.25) is 0 Å². The molecule has 0 bridgehead atoms. The molecule has 0 saturated carbocycles. The molecule has 0 saturated heterocycles. The third-order valence-corrected chi connectivity index (χ3v) is 5.98. The Kier molecular flexibility index (Phi) is 5.12. The zero-order valence-electron chi connectivity index (χ0n) is 17.1. The molecule has 1 unspecified atom stereocenters. The average Bonchev–Trinajstić information content (AvgIpc) is 3.01. The molecular weight excluding hydrogens is 430 g/mol. The number of fused-ring (bicyclic) bond motifs is 2. The van der Waals surface area contributed by atoms with E-state index >= 15 is 0 Å². The SMILES string of the molecule is O=C(CC1(O)C(=O)N(Cc2cccc(Cl)c2)c2ccccc21)c1ccc2c(c1)OCCO2. The summed E-state index contributed by atoms with van der Waals surface area (Å²) in [6, 6.07) is 19.1. The fourth-order valence-corrected chi connectivity index (χ4v) is 4.42. The number of para-hydroxylation sites is 1. The Labute approximate surface area is 189 Å². The van der Waals surface area contributed by atoms with E-state index in [-0.39, 0.29) is 18.7 Å². The Balaban J connectivity index is 1.45. The van der Waals surface area contributed by atoms with Gasteiger partial charge in [0.25, 0.3) is 5.91 Å². The highest BCUT2D eigenvalue weighted by molar-refractivity contribution is 6.30. The highest BCUT2D eigenvalue weighted by atomic mass is 35.5. The third kappa shape index (κ3) is 3.51. The molecule has 0 radical (unpaired) electrons. The van der Waals surface area contributed by atoms with Gasteiger partial charge in [-0.25, -0.2) is 0 Å². The summed E-state index contributed by atoms with van der Waals surface area (Å²) in [5.41, 5.74) is 0.205. The van der Waals surface area contributed by atoms with Gasteiger partial charge in [-0.05, 0) is 42.0 Å². The number of carbonyl (C=O) groups is 2. The number of halogens is 1. The van der Waals surface area contributed by atoms with E-state index in [2.05, 4.69) is 0 Å². The van der Waals surface area contributed by atoms with E-state index in [1.54, 1.807) is 54.6 Å². The summed E-state index contributed by atoms with van der Waals surface area (Å²) in [5, 5.41) is 12.1. The number of rotatable bonds is 5. The quantitative estimate of drug-likeness (QED) is 0.593. The normalized spacial score (nSPS) is 19.1. The van der Waals surface area contributed by atoms with Crippen molar-refractivity contribution < 1.29 is 24.2 Å². The summed E-state index contributed by atoms with van der Waals surface area (Å²) in [5.74, 6) is 0.151. The molecule has 1 atom stereocenters. The summed E-state index contributed by atoms with van der Waals surface area (Å²) < 4.78 is 11.1. The molecular formula is C25H20ClNO5. The molecule has 162 valence electrons. The van der Waals surface area contributed by atoms with Crippen LogP contribution in [0.2, 0.25) is 5.02 Å². The van der Waals surface area contributed by atoms with Crippen molar-refractivity contribution in [3.8, 4) is 11.5 Å². The third-order valence-electron chi connectivity index (χ3n) is 5.75. The number of nitrogens with zero attached hydrogens (tertiary/aromatic N) is 1. The number of hydrogen-bond donors (Lipinski definition) is 1. The monoisotopic (exact) mass is 449 g/mol. The minimum atomic E-state index is -1.96. The molecule has 5 rings (SSSR count). The molecule has 2 heterocycles. The Morgan fingerprint density at radius 2 is 1.78 bits per heavy atom. The van der Waals surface area contributed by atoms with Gasteiger partial charge in [-0.2, -0.15) is 0 Å². The molecule has 1 amide bonds. The predicted octanol–water partition coefficient (Wildman–Crippen LogP) is 4.12. The Morgan fingerprint density at radius 1 is 1.00 bits per heavy atom. The van der Waals surface area contributed by atoms with Gasteiger partial charge in [0.1, 0.15) is 13.2 Å². The van der Waals surface area contributed by atoms with Gasteiger partial charge in [-0.3, -0.25) is 9.59 Å². The number of ether oxygens (including phenoxy) is 2. The van der Waals surface area contributed by atoms with Crippen LogP contribution in [-0.2, 0) is 16.9 Å². The number of hydrogen-bond acceptors (Lipinski definition) is 5. The smallest absolute Gasteiger partial charge is 0.264 e. The van der Waals surface area contributed by atoms with Gasteiger partial charge in [0, 0.05) is 16.1 Å². The molecule has 3 aromatic rings. The van der Waals surface area contributed by atoms with Crippen molar-refractivity contribution in [1.82, 2.24) is 0 Å². The minimum absolute atomic E-state index is 0.233. The summed E-state index contributed by atoms with van der Waals surface area (Å²) in [7, 11) is 0. The minimum Gasteiger partial charge on any atom is -0.486 e. The lowest BCUT2D eigenvalue weighted by Gasteiger charge is -2.23. The Morgan fingerprint density at radius 3 is 2.59 bits per heavy atom. The first-order valence-electron chi connectivity index (χ1n) is 10.3. The lowest BCUT2D eigenvalue weighted by Crippen LogP contribution is -2.41. The lowest BCUT2D eigenvalue weighted by atomic mass is 9.88. The fourth-order valence-electron chi connectivity index (χ4n) is 4.20. The van der Waals surface area contributed by atoms with Gasteiger partial charge >= 0.3 is 0 Å². The molecule has 3 aromatic carbocycles. The van der Waals surface area contributed by atoms with Crippen molar-refractivity contribution in [3.05, 3.63) is 88.4 Å². The average molecular weight is 450 g/mol. The first-order chi connectivity index (χ1) is 15.5. The summed E-state index contributed by atoms with van der Waals surface area (Å²) in [4.78, 5) is 28.0. The zero-order chi connectivity index (χ0) is 22.3. The molecule has 2 aliphatic heterocycles. The van der Waals surface area contributed by atoms with Crippen LogP contribution in [0, 0.1) is 0 Å². The maximum absolute atomic E-state index is 13.4. The van der Waals surface area contributed by atoms with Crippen LogP contribution < -0.4 is 14.4 Å². The van der Waals surface area contributed by atoms with Crippen LogP contribution in [0.4, 0.5) is 5.69 Å². The maximum atomic E-state index is 13.4. The number of benzene rings is 3. The topological polar surface area (TPSA) is 76.1 Å². The van der Waals surface area contributed by atoms with E-state index < -0.39 is 11.5 Å². The van der Waals surface area contributed by atoms with Gasteiger partial charge in [-0.15, -0.1) is 0 Å². The Bertz CT molecular complexity index is 1230. The number of ketones is 1. The second-order valence-corrected chi connectivity index (χ2v) is 8.29. The van der Waals surface area contributed by atoms with Crippen LogP contribution in [0.25, 0.3) is 0 Å².